The zero-order valence-electron chi connectivity index (χ0n) is 18.9. The van der Waals surface area contributed by atoms with Crippen LogP contribution in [0.5, 0.6) is 0 Å². The number of nitrogens with one attached hydrogen (secondary N) is 1. The van der Waals surface area contributed by atoms with Gasteiger partial charge in [0.1, 0.15) is 6.61 Å². The molecule has 8 heteroatoms. The molecule has 1 saturated heterocycles. The molecule has 2 N–H and O–H groups in total. The van der Waals surface area contributed by atoms with Gasteiger partial charge in [0.2, 0.25) is 5.91 Å². The maximum atomic E-state index is 13.1. The third-order valence-corrected chi connectivity index (χ3v) is 7.05. The average molecular weight is 465 g/mol. The summed E-state index contributed by atoms with van der Waals surface area (Å²) in [5.41, 5.74) is 4.00. The maximum Gasteiger partial charge on any atom is 0.407 e. The lowest BCUT2D eigenvalue weighted by Crippen LogP contribution is -2.50. The molecule has 0 radical (unpaired) electrons. The molecule has 1 aliphatic heterocycles. The maximum absolute atomic E-state index is 13.1. The molecule has 2 fully saturated rings. The first-order valence-corrected chi connectivity index (χ1v) is 11.7. The molecule has 3 aliphatic rings. The van der Waals surface area contributed by atoms with Gasteiger partial charge in [-0.05, 0) is 35.1 Å². The number of morpholine rings is 1. The van der Waals surface area contributed by atoms with Gasteiger partial charge in [-0.2, -0.15) is 0 Å². The summed E-state index contributed by atoms with van der Waals surface area (Å²) >= 11 is 0. The van der Waals surface area contributed by atoms with Crippen molar-refractivity contribution in [2.75, 3.05) is 32.8 Å². The number of ether oxygens (including phenoxy) is 2. The number of hydrogen-bond donors (Lipinski definition) is 2. The fourth-order valence-corrected chi connectivity index (χ4v) is 5.07. The highest BCUT2D eigenvalue weighted by atomic mass is 16.5. The number of fused-ring (bicyclic) bond motifs is 3. The molecule has 2 aliphatic carbocycles. The number of carbonyl (C=O) groups is 3. The third-order valence-electron chi connectivity index (χ3n) is 7.05. The van der Waals surface area contributed by atoms with Crippen LogP contribution in [-0.2, 0) is 19.1 Å². The average Bonchev–Trinajstić information content (AvgIpc) is 3.57. The molecule has 0 aromatic heterocycles. The van der Waals surface area contributed by atoms with Crippen molar-refractivity contribution in [3.05, 3.63) is 59.7 Å². The van der Waals surface area contributed by atoms with Crippen LogP contribution >= 0.6 is 0 Å². The Balaban J connectivity index is 1.16. The molecule has 0 bridgehead atoms. The molecular weight excluding hydrogens is 436 g/mol. The van der Waals surface area contributed by atoms with Gasteiger partial charge < -0.3 is 24.8 Å². The highest BCUT2D eigenvalue weighted by molar-refractivity contribution is 5.86. The lowest BCUT2D eigenvalue weighted by atomic mass is 9.98. The van der Waals surface area contributed by atoms with Crippen LogP contribution in [-0.4, -0.2) is 66.9 Å². The fourth-order valence-electron chi connectivity index (χ4n) is 5.07. The molecule has 5 rings (SSSR count). The number of carboxylic acid groups (broad SMARTS) is 1. The van der Waals surface area contributed by atoms with Crippen LogP contribution in [0.15, 0.2) is 48.5 Å². The van der Waals surface area contributed by atoms with E-state index in [0.29, 0.717) is 26.0 Å². The lowest BCUT2D eigenvalue weighted by molar-refractivity contribution is -0.150. The lowest BCUT2D eigenvalue weighted by Gasteiger charge is -2.34. The molecule has 1 atom stereocenters. The summed E-state index contributed by atoms with van der Waals surface area (Å²) in [4.78, 5) is 38.3. The Labute approximate surface area is 197 Å². The number of nitrogens with zero attached hydrogens (tertiary/aromatic N) is 1. The van der Waals surface area contributed by atoms with Crippen molar-refractivity contribution < 1.29 is 29.0 Å². The van der Waals surface area contributed by atoms with E-state index in [2.05, 4.69) is 29.6 Å². The largest absolute Gasteiger partial charge is 0.481 e. The van der Waals surface area contributed by atoms with Crippen LogP contribution < -0.4 is 5.32 Å². The number of carboxylic acids is 1. The number of rotatable bonds is 7. The van der Waals surface area contributed by atoms with Crippen molar-refractivity contribution in [1.82, 2.24) is 10.2 Å². The predicted molar refractivity (Wildman–Crippen MR) is 123 cm³/mol. The van der Waals surface area contributed by atoms with Crippen LogP contribution in [0.3, 0.4) is 0 Å². The van der Waals surface area contributed by atoms with Crippen LogP contribution in [0.4, 0.5) is 4.79 Å². The van der Waals surface area contributed by atoms with Crippen LogP contribution in [0.1, 0.15) is 36.3 Å². The number of alkyl carbamates (subject to hydrolysis) is 1. The summed E-state index contributed by atoms with van der Waals surface area (Å²) in [5.74, 6) is -1.02. The van der Waals surface area contributed by atoms with E-state index < -0.39 is 23.6 Å². The van der Waals surface area contributed by atoms with E-state index in [9.17, 15) is 14.4 Å². The van der Waals surface area contributed by atoms with Gasteiger partial charge in [-0.25, -0.2) is 4.79 Å². The molecule has 34 heavy (non-hydrogen) atoms. The second kappa shape index (κ2) is 9.10. The van der Waals surface area contributed by atoms with E-state index in [4.69, 9.17) is 14.6 Å². The molecule has 8 nitrogen and oxygen atoms in total. The second-order valence-corrected chi connectivity index (χ2v) is 9.30. The van der Waals surface area contributed by atoms with Gasteiger partial charge in [0.05, 0.1) is 24.5 Å². The molecule has 1 saturated carbocycles. The van der Waals surface area contributed by atoms with E-state index in [1.165, 1.54) is 11.1 Å². The summed E-state index contributed by atoms with van der Waals surface area (Å²) in [6, 6.07) is 16.3. The Morgan fingerprint density at radius 2 is 1.71 bits per heavy atom. The Morgan fingerprint density at radius 1 is 1.06 bits per heavy atom. The van der Waals surface area contributed by atoms with E-state index in [1.54, 1.807) is 4.90 Å². The number of hydrogen-bond acceptors (Lipinski definition) is 5. The SMILES string of the molecule is O=C(O)CC1CN(C(=O)C2(CNC(=O)OCC3c4ccccc4-c4ccccc43)CC2)CCO1. The summed E-state index contributed by atoms with van der Waals surface area (Å²) in [7, 11) is 0. The van der Waals surface area contributed by atoms with Gasteiger partial charge in [-0.15, -0.1) is 0 Å². The smallest absolute Gasteiger partial charge is 0.407 e. The molecule has 1 unspecified atom stereocenters. The summed E-state index contributed by atoms with van der Waals surface area (Å²) in [6.07, 6.45) is 0.217. The Bertz CT molecular complexity index is 1070. The molecule has 2 aromatic carbocycles. The Morgan fingerprint density at radius 3 is 2.32 bits per heavy atom. The highest BCUT2D eigenvalue weighted by Crippen LogP contribution is 2.47. The van der Waals surface area contributed by atoms with Crippen molar-refractivity contribution in [3.63, 3.8) is 0 Å². The van der Waals surface area contributed by atoms with Gasteiger partial charge in [-0.3, -0.25) is 9.59 Å². The molecule has 0 spiro atoms. The number of benzene rings is 2. The number of amides is 2. The zero-order chi connectivity index (χ0) is 23.7. The normalized spacial score (nSPS) is 20.2. The van der Waals surface area contributed by atoms with Gasteiger partial charge in [-0.1, -0.05) is 48.5 Å². The minimum atomic E-state index is -0.947. The van der Waals surface area contributed by atoms with E-state index in [0.717, 1.165) is 11.1 Å². The topological polar surface area (TPSA) is 105 Å². The Kier molecular flexibility index (Phi) is 6.00. The van der Waals surface area contributed by atoms with Gasteiger partial charge in [0.15, 0.2) is 0 Å². The fraction of sp³-hybridized carbons (Fsp3) is 0.423. The van der Waals surface area contributed by atoms with Gasteiger partial charge in [0.25, 0.3) is 0 Å². The standard InChI is InChI=1S/C26H28N2O6/c29-23(30)13-17-14-28(11-12-33-17)24(31)26(9-10-26)16-27-25(32)34-15-22-20-7-3-1-5-18(20)19-6-2-4-8-21(19)22/h1-8,17,22H,9-16H2,(H,27,32)(H,29,30). The monoisotopic (exact) mass is 464 g/mol. The van der Waals surface area contributed by atoms with Crippen molar-refractivity contribution >= 4 is 18.0 Å². The van der Waals surface area contributed by atoms with Crippen LogP contribution in [0.2, 0.25) is 0 Å². The van der Waals surface area contributed by atoms with Crippen molar-refractivity contribution in [2.45, 2.75) is 31.3 Å². The highest BCUT2D eigenvalue weighted by Gasteiger charge is 2.52. The van der Waals surface area contributed by atoms with Crippen LogP contribution in [0, 0.1) is 5.41 Å². The third kappa shape index (κ3) is 4.37. The van der Waals surface area contributed by atoms with Crippen molar-refractivity contribution in [1.29, 1.82) is 0 Å². The Hall–Kier alpha value is -3.39. The first-order chi connectivity index (χ1) is 16.5. The summed E-state index contributed by atoms with van der Waals surface area (Å²) in [6.45, 7) is 1.45. The predicted octanol–water partition coefficient (Wildman–Crippen LogP) is 3.01. The quantitative estimate of drug-likeness (QED) is 0.653. The number of aliphatic carboxylic acids is 1. The second-order valence-electron chi connectivity index (χ2n) is 9.30. The first kappa shape index (κ1) is 22.4. The van der Waals surface area contributed by atoms with Crippen molar-refractivity contribution in [2.24, 2.45) is 5.41 Å². The molecular formula is C26H28N2O6. The molecule has 178 valence electrons. The van der Waals surface area contributed by atoms with Crippen LogP contribution in [0.25, 0.3) is 11.1 Å². The number of carbonyl (C=O) groups excluding carboxylic acids is 2. The molecule has 2 amide bonds. The van der Waals surface area contributed by atoms with E-state index in [1.807, 2.05) is 24.3 Å². The summed E-state index contributed by atoms with van der Waals surface area (Å²) < 4.78 is 11.1. The first-order valence-electron chi connectivity index (χ1n) is 11.7. The van der Waals surface area contributed by atoms with Gasteiger partial charge >= 0.3 is 12.1 Å². The minimum absolute atomic E-state index is 0.0193. The molecule has 2 aromatic rings. The minimum Gasteiger partial charge on any atom is -0.481 e. The van der Waals surface area contributed by atoms with E-state index in [-0.39, 0.29) is 37.9 Å². The van der Waals surface area contributed by atoms with Crippen molar-refractivity contribution in [3.8, 4) is 11.1 Å². The van der Waals surface area contributed by atoms with Gasteiger partial charge in [0, 0.05) is 25.6 Å². The summed E-state index contributed by atoms with van der Waals surface area (Å²) in [5, 5.41) is 11.8. The van der Waals surface area contributed by atoms with E-state index >= 15 is 0 Å². The molecule has 1 heterocycles. The zero-order valence-corrected chi connectivity index (χ0v) is 18.9.